The molecule has 0 heterocycles. The Labute approximate surface area is 212 Å². The molecule has 39 heavy (non-hydrogen) atoms. The molecular formula is C22H13F7N4O6. The molecule has 0 fully saturated rings. The van der Waals surface area contributed by atoms with E-state index < -0.39 is 61.9 Å². The highest BCUT2D eigenvalue weighted by molar-refractivity contribution is 5.81. The molecule has 0 bridgehead atoms. The number of nitro benzene ring substituents is 2. The first-order chi connectivity index (χ1) is 18.3. The van der Waals surface area contributed by atoms with Crippen molar-refractivity contribution in [1.82, 2.24) is 0 Å². The van der Waals surface area contributed by atoms with Gasteiger partial charge in [-0.3, -0.25) is 25.7 Å². The van der Waals surface area contributed by atoms with Gasteiger partial charge in [0.2, 0.25) is 5.75 Å². The largest absolute Gasteiger partial charge is 0.490 e. The fraction of sp³-hybridized carbons (Fsp3) is 0.136. The van der Waals surface area contributed by atoms with Crippen molar-refractivity contribution in [1.29, 1.82) is 0 Å². The van der Waals surface area contributed by atoms with Crippen molar-refractivity contribution in [3.8, 4) is 17.2 Å². The average Bonchev–Trinajstić information content (AvgIpc) is 2.85. The third-order valence-electron chi connectivity index (χ3n) is 4.77. The second kappa shape index (κ2) is 11.2. The molecular weight excluding hydrogens is 549 g/mol. The zero-order chi connectivity index (χ0) is 29.1. The lowest BCUT2D eigenvalue weighted by molar-refractivity contribution is -0.394. The van der Waals surface area contributed by atoms with Gasteiger partial charge in [0.25, 0.3) is 5.69 Å². The molecule has 0 unspecified atom stereocenters. The predicted octanol–water partition coefficient (Wildman–Crippen LogP) is 6.72. The summed E-state index contributed by atoms with van der Waals surface area (Å²) in [7, 11) is 0. The molecule has 3 aromatic carbocycles. The van der Waals surface area contributed by atoms with Crippen LogP contribution in [0.3, 0.4) is 0 Å². The van der Waals surface area contributed by atoms with Crippen LogP contribution in [0.25, 0.3) is 0 Å². The van der Waals surface area contributed by atoms with E-state index >= 15 is 0 Å². The first kappa shape index (κ1) is 28.6. The van der Waals surface area contributed by atoms with Crippen LogP contribution in [0.4, 0.5) is 47.8 Å². The quantitative estimate of drug-likeness (QED) is 0.101. The van der Waals surface area contributed by atoms with Crippen LogP contribution in [0.15, 0.2) is 41.5 Å². The van der Waals surface area contributed by atoms with Gasteiger partial charge in [-0.05, 0) is 36.8 Å². The predicted molar refractivity (Wildman–Crippen MR) is 120 cm³/mol. The smallest absolute Gasteiger partial charge is 0.422 e. The molecule has 17 heteroatoms. The number of anilines is 1. The summed E-state index contributed by atoms with van der Waals surface area (Å²) < 4.78 is 105. The van der Waals surface area contributed by atoms with Gasteiger partial charge in [-0.1, -0.05) is 0 Å². The molecule has 0 atom stereocenters. The van der Waals surface area contributed by atoms with E-state index in [1.165, 1.54) is 18.2 Å². The number of nitrogens with one attached hydrogen (secondary N) is 1. The number of non-ortho nitro benzene ring substituents is 1. The van der Waals surface area contributed by atoms with Crippen LogP contribution in [-0.2, 0) is 6.18 Å². The Kier molecular flexibility index (Phi) is 8.21. The first-order valence-corrected chi connectivity index (χ1v) is 10.4. The summed E-state index contributed by atoms with van der Waals surface area (Å²) >= 11 is 0. The molecule has 3 rings (SSSR count). The van der Waals surface area contributed by atoms with E-state index in [1.807, 2.05) is 0 Å². The second-order valence-electron chi connectivity index (χ2n) is 7.28. The number of rotatable bonds is 9. The maximum atomic E-state index is 14.0. The fourth-order valence-corrected chi connectivity index (χ4v) is 3.07. The Hall–Kier alpha value is -4.96. The Balaban J connectivity index is 1.90. The third-order valence-corrected chi connectivity index (χ3v) is 4.77. The maximum absolute atomic E-state index is 14.0. The minimum Gasteiger partial charge on any atom is -0.490 e. The summed E-state index contributed by atoms with van der Waals surface area (Å²) in [6.45, 7) is 1.62. The molecule has 10 nitrogen and oxygen atoms in total. The number of hydrogen-bond acceptors (Lipinski definition) is 8. The van der Waals surface area contributed by atoms with E-state index in [-0.39, 0.29) is 29.4 Å². The number of nitro groups is 2. The number of ether oxygens (including phenoxy) is 2. The lowest BCUT2D eigenvalue weighted by Crippen LogP contribution is -2.16. The van der Waals surface area contributed by atoms with Crippen molar-refractivity contribution in [2.45, 2.75) is 13.1 Å². The maximum Gasteiger partial charge on any atom is 0.422 e. The first-order valence-electron chi connectivity index (χ1n) is 10.4. The monoisotopic (exact) mass is 562 g/mol. The van der Waals surface area contributed by atoms with Crippen molar-refractivity contribution >= 4 is 23.3 Å². The van der Waals surface area contributed by atoms with E-state index in [2.05, 4.69) is 5.10 Å². The Morgan fingerprint density at radius 3 is 2.05 bits per heavy atom. The van der Waals surface area contributed by atoms with Gasteiger partial charge in [0.1, 0.15) is 11.3 Å². The molecule has 0 saturated carbocycles. The number of benzene rings is 3. The highest BCUT2D eigenvalue weighted by Gasteiger charge is 2.42. The third kappa shape index (κ3) is 6.13. The van der Waals surface area contributed by atoms with Crippen molar-refractivity contribution in [2.24, 2.45) is 5.10 Å². The molecule has 0 spiro atoms. The van der Waals surface area contributed by atoms with Crippen LogP contribution in [-0.4, -0.2) is 22.7 Å². The van der Waals surface area contributed by atoms with Crippen molar-refractivity contribution in [2.75, 3.05) is 12.0 Å². The number of alkyl halides is 3. The Bertz CT molecular complexity index is 1450. The van der Waals surface area contributed by atoms with Gasteiger partial charge in [0.15, 0.2) is 34.8 Å². The number of nitrogens with zero attached hydrogens (tertiary/aromatic N) is 3. The molecule has 0 aliphatic carbocycles. The lowest BCUT2D eigenvalue weighted by atomic mass is 10.1. The zero-order valence-electron chi connectivity index (χ0n) is 19.2. The van der Waals surface area contributed by atoms with Crippen molar-refractivity contribution in [3.05, 3.63) is 91.0 Å². The minimum absolute atomic E-state index is 0.0434. The number of halogens is 7. The lowest BCUT2D eigenvalue weighted by Gasteiger charge is -2.13. The summed E-state index contributed by atoms with van der Waals surface area (Å²) in [6.07, 6.45) is -4.85. The summed E-state index contributed by atoms with van der Waals surface area (Å²) in [6, 6.07) is 6.35. The van der Waals surface area contributed by atoms with Crippen LogP contribution in [0, 0.1) is 43.5 Å². The van der Waals surface area contributed by atoms with Crippen LogP contribution in [0.2, 0.25) is 0 Å². The van der Waals surface area contributed by atoms with Crippen LogP contribution in [0.1, 0.15) is 18.1 Å². The van der Waals surface area contributed by atoms with E-state index in [4.69, 9.17) is 9.47 Å². The SMILES string of the molecule is CCOc1cc(/C=N/Nc2c(F)c(F)c(C(F)(F)F)c(F)c2F)ccc1Oc1ccc([N+](=O)[O-])cc1[N+](=O)[O-]. The van der Waals surface area contributed by atoms with Crippen molar-refractivity contribution in [3.63, 3.8) is 0 Å². The van der Waals surface area contributed by atoms with Crippen LogP contribution < -0.4 is 14.9 Å². The van der Waals surface area contributed by atoms with Gasteiger partial charge >= 0.3 is 11.9 Å². The molecule has 1 N–H and O–H groups in total. The highest BCUT2D eigenvalue weighted by Crippen LogP contribution is 2.40. The molecule has 0 aliphatic heterocycles. The highest BCUT2D eigenvalue weighted by atomic mass is 19.4. The normalized spacial score (nSPS) is 11.5. The summed E-state index contributed by atoms with van der Waals surface area (Å²) in [4.78, 5) is 20.5. The van der Waals surface area contributed by atoms with Crippen LogP contribution >= 0.6 is 0 Å². The summed E-state index contributed by atoms with van der Waals surface area (Å²) in [5.41, 5.74) is -3.93. The Morgan fingerprint density at radius 1 is 0.897 bits per heavy atom. The number of hydrogen-bond donors (Lipinski definition) is 1. The molecule has 0 aromatic heterocycles. The van der Waals surface area contributed by atoms with Gasteiger partial charge in [-0.2, -0.15) is 18.3 Å². The standard InChI is InChI=1S/C22H13F7N4O6/c1-2-38-15-7-10(3-5-14(15)39-13-6-4-11(32(34)35)8-12(13)33(36)37)9-30-31-21-19(25)17(23)16(22(27,28)29)18(24)20(21)26/h3-9,31H,2H2,1H3/b30-9+. The van der Waals surface area contributed by atoms with Gasteiger partial charge in [0.05, 0.1) is 28.7 Å². The molecule has 3 aromatic rings. The zero-order valence-corrected chi connectivity index (χ0v) is 19.2. The summed E-state index contributed by atoms with van der Waals surface area (Å²) in [5, 5.41) is 25.6. The summed E-state index contributed by atoms with van der Waals surface area (Å²) in [5.74, 6) is -10.6. The second-order valence-corrected chi connectivity index (χ2v) is 7.28. The van der Waals surface area contributed by atoms with Gasteiger partial charge in [0, 0.05) is 6.07 Å². The van der Waals surface area contributed by atoms with Gasteiger partial charge in [-0.25, -0.2) is 17.6 Å². The molecule has 0 amide bonds. The Morgan fingerprint density at radius 2 is 1.51 bits per heavy atom. The van der Waals surface area contributed by atoms with Gasteiger partial charge < -0.3 is 9.47 Å². The van der Waals surface area contributed by atoms with Crippen molar-refractivity contribution < 1.29 is 50.1 Å². The average molecular weight is 562 g/mol. The van der Waals surface area contributed by atoms with E-state index in [0.717, 1.165) is 18.3 Å². The fourth-order valence-electron chi connectivity index (χ4n) is 3.07. The van der Waals surface area contributed by atoms with E-state index in [9.17, 15) is 51.0 Å². The van der Waals surface area contributed by atoms with E-state index in [0.29, 0.717) is 6.07 Å². The molecule has 0 aliphatic rings. The van der Waals surface area contributed by atoms with Crippen LogP contribution in [0.5, 0.6) is 17.2 Å². The molecule has 0 radical (unpaired) electrons. The topological polar surface area (TPSA) is 129 Å². The molecule has 0 saturated heterocycles. The minimum atomic E-state index is -5.70. The number of hydrazone groups is 1. The van der Waals surface area contributed by atoms with Gasteiger partial charge in [-0.15, -0.1) is 0 Å². The van der Waals surface area contributed by atoms with E-state index in [1.54, 1.807) is 12.3 Å². The molecule has 206 valence electrons.